The molecule has 0 bridgehead atoms. The summed E-state index contributed by atoms with van der Waals surface area (Å²) in [5.74, 6) is 0. The highest BCUT2D eigenvalue weighted by molar-refractivity contribution is 7.80. The van der Waals surface area contributed by atoms with Crippen molar-refractivity contribution in [3.63, 3.8) is 0 Å². The zero-order valence-electron chi connectivity index (χ0n) is 8.21. The molecular weight excluding hydrogens is 192 g/mol. The van der Waals surface area contributed by atoms with Gasteiger partial charge in [-0.3, -0.25) is 0 Å². The van der Waals surface area contributed by atoms with Gasteiger partial charge in [-0.2, -0.15) is 0 Å². The molecule has 0 saturated heterocycles. The maximum atomic E-state index is 5.19. The third-order valence-electron chi connectivity index (χ3n) is 2.31. The molecule has 0 heterocycles. The molecule has 0 amide bonds. The van der Waals surface area contributed by atoms with E-state index >= 15 is 0 Å². The molecule has 2 nitrogen and oxygen atoms in total. The monoisotopic (exact) mass is 206 g/mol. The van der Waals surface area contributed by atoms with Crippen LogP contribution in [0.2, 0.25) is 0 Å². The van der Waals surface area contributed by atoms with Crippen LogP contribution in [-0.4, -0.2) is 11.2 Å². The molecule has 1 saturated carbocycles. The predicted octanol–water partition coefficient (Wildman–Crippen LogP) is 2.44. The number of aryl methyl sites for hydroxylation is 1. The van der Waals surface area contributed by atoms with Crippen LogP contribution in [0.1, 0.15) is 18.4 Å². The minimum atomic E-state index is 0.610. The first-order valence-corrected chi connectivity index (χ1v) is 5.29. The first-order valence-electron chi connectivity index (χ1n) is 4.89. The Morgan fingerprint density at radius 2 is 2.07 bits per heavy atom. The summed E-state index contributed by atoms with van der Waals surface area (Å²) in [6, 6.07) is 8.75. The van der Waals surface area contributed by atoms with Crippen LogP contribution in [0.25, 0.3) is 0 Å². The molecule has 2 rings (SSSR count). The van der Waals surface area contributed by atoms with Gasteiger partial charge in [0.2, 0.25) is 0 Å². The summed E-state index contributed by atoms with van der Waals surface area (Å²) >= 11 is 5.19. The predicted molar refractivity (Wildman–Crippen MR) is 63.6 cm³/mol. The highest BCUT2D eigenvalue weighted by Crippen LogP contribution is 2.19. The molecule has 0 atom stereocenters. The summed E-state index contributed by atoms with van der Waals surface area (Å²) < 4.78 is 0. The normalized spacial score (nSPS) is 14.9. The molecule has 74 valence electrons. The average molecular weight is 206 g/mol. The van der Waals surface area contributed by atoms with Gasteiger partial charge in [-0.1, -0.05) is 18.2 Å². The Kier molecular flexibility index (Phi) is 2.68. The second-order valence-corrected chi connectivity index (χ2v) is 4.10. The van der Waals surface area contributed by atoms with Crippen LogP contribution in [0.5, 0.6) is 0 Å². The van der Waals surface area contributed by atoms with Gasteiger partial charge in [0, 0.05) is 11.7 Å². The van der Waals surface area contributed by atoms with Gasteiger partial charge >= 0.3 is 0 Å². The standard InChI is InChI=1S/C11H14N2S/c1-8-4-2-3-5-10(8)13-11(14)12-9-6-7-9/h2-5,9H,6-7H2,1H3,(H2,12,13,14). The average Bonchev–Trinajstić information content (AvgIpc) is 2.93. The van der Waals surface area contributed by atoms with Crippen molar-refractivity contribution >= 4 is 23.0 Å². The number of nitrogens with one attached hydrogen (secondary N) is 2. The Labute approximate surface area is 89.7 Å². The van der Waals surface area contributed by atoms with Crippen LogP contribution >= 0.6 is 12.2 Å². The molecule has 1 fully saturated rings. The van der Waals surface area contributed by atoms with E-state index in [2.05, 4.69) is 23.6 Å². The molecule has 3 heteroatoms. The summed E-state index contributed by atoms with van der Waals surface area (Å²) in [6.07, 6.45) is 2.49. The maximum Gasteiger partial charge on any atom is 0.171 e. The fourth-order valence-corrected chi connectivity index (χ4v) is 1.56. The molecule has 0 aliphatic heterocycles. The summed E-state index contributed by atoms with van der Waals surface area (Å²) in [7, 11) is 0. The number of rotatable bonds is 2. The Morgan fingerprint density at radius 1 is 1.36 bits per heavy atom. The molecule has 2 N–H and O–H groups in total. The summed E-state index contributed by atoms with van der Waals surface area (Å²) in [4.78, 5) is 0. The summed E-state index contributed by atoms with van der Waals surface area (Å²) in [5, 5.41) is 7.19. The highest BCUT2D eigenvalue weighted by atomic mass is 32.1. The lowest BCUT2D eigenvalue weighted by Crippen LogP contribution is -2.30. The maximum absolute atomic E-state index is 5.19. The third kappa shape index (κ3) is 2.45. The molecule has 1 aromatic carbocycles. The Morgan fingerprint density at radius 3 is 2.71 bits per heavy atom. The van der Waals surface area contributed by atoms with Gasteiger partial charge in [-0.05, 0) is 43.6 Å². The Hall–Kier alpha value is -1.09. The van der Waals surface area contributed by atoms with E-state index in [4.69, 9.17) is 12.2 Å². The lowest BCUT2D eigenvalue weighted by molar-refractivity contribution is 0.919. The van der Waals surface area contributed by atoms with Crippen molar-refractivity contribution in [1.82, 2.24) is 5.32 Å². The molecule has 0 aromatic heterocycles. The fourth-order valence-electron chi connectivity index (χ4n) is 1.28. The van der Waals surface area contributed by atoms with Gasteiger partial charge in [0.05, 0.1) is 0 Å². The molecule has 0 spiro atoms. The molecule has 1 aliphatic rings. The van der Waals surface area contributed by atoms with Crippen molar-refractivity contribution in [3.05, 3.63) is 29.8 Å². The molecule has 1 aliphatic carbocycles. The van der Waals surface area contributed by atoms with Crippen molar-refractivity contribution < 1.29 is 0 Å². The highest BCUT2D eigenvalue weighted by Gasteiger charge is 2.21. The van der Waals surface area contributed by atoms with E-state index in [1.54, 1.807) is 0 Å². The summed E-state index contributed by atoms with van der Waals surface area (Å²) in [5.41, 5.74) is 2.30. The van der Waals surface area contributed by atoms with Crippen LogP contribution in [-0.2, 0) is 0 Å². The molecule has 1 aromatic rings. The van der Waals surface area contributed by atoms with Gasteiger partial charge in [0.1, 0.15) is 0 Å². The third-order valence-corrected chi connectivity index (χ3v) is 2.53. The lowest BCUT2D eigenvalue weighted by atomic mass is 10.2. The smallest absolute Gasteiger partial charge is 0.171 e. The second-order valence-electron chi connectivity index (χ2n) is 3.69. The van der Waals surface area contributed by atoms with E-state index in [0.29, 0.717) is 6.04 Å². The number of hydrogen-bond donors (Lipinski definition) is 2. The number of hydrogen-bond acceptors (Lipinski definition) is 1. The lowest BCUT2D eigenvalue weighted by Gasteiger charge is -2.11. The first kappa shape index (κ1) is 9.46. The van der Waals surface area contributed by atoms with Crippen LogP contribution in [0.4, 0.5) is 5.69 Å². The van der Waals surface area contributed by atoms with Gasteiger partial charge < -0.3 is 10.6 Å². The zero-order valence-corrected chi connectivity index (χ0v) is 9.03. The molecule has 0 unspecified atom stereocenters. The first-order chi connectivity index (χ1) is 6.75. The molecule has 0 radical (unpaired) electrons. The van der Waals surface area contributed by atoms with Crippen molar-refractivity contribution in [2.24, 2.45) is 0 Å². The van der Waals surface area contributed by atoms with E-state index in [9.17, 15) is 0 Å². The van der Waals surface area contributed by atoms with Crippen LogP contribution in [0.3, 0.4) is 0 Å². The van der Waals surface area contributed by atoms with Crippen LogP contribution in [0, 0.1) is 6.92 Å². The Balaban J connectivity index is 1.95. The molecular formula is C11H14N2S. The van der Waals surface area contributed by atoms with Crippen molar-refractivity contribution in [1.29, 1.82) is 0 Å². The minimum Gasteiger partial charge on any atom is -0.360 e. The largest absolute Gasteiger partial charge is 0.360 e. The number of benzene rings is 1. The number of anilines is 1. The zero-order chi connectivity index (χ0) is 9.97. The SMILES string of the molecule is Cc1ccccc1NC(=S)NC1CC1. The quantitative estimate of drug-likeness (QED) is 0.727. The van der Waals surface area contributed by atoms with Gasteiger partial charge in [-0.25, -0.2) is 0 Å². The van der Waals surface area contributed by atoms with Crippen molar-refractivity contribution in [2.75, 3.05) is 5.32 Å². The Bertz CT molecular complexity index is 345. The van der Waals surface area contributed by atoms with Crippen molar-refractivity contribution in [3.8, 4) is 0 Å². The van der Waals surface area contributed by atoms with Crippen molar-refractivity contribution in [2.45, 2.75) is 25.8 Å². The topological polar surface area (TPSA) is 24.1 Å². The van der Waals surface area contributed by atoms with E-state index < -0.39 is 0 Å². The van der Waals surface area contributed by atoms with E-state index in [1.165, 1.54) is 18.4 Å². The van der Waals surface area contributed by atoms with Gasteiger partial charge in [0.25, 0.3) is 0 Å². The summed E-state index contributed by atoms with van der Waals surface area (Å²) in [6.45, 7) is 2.07. The second kappa shape index (κ2) is 3.96. The molecule has 14 heavy (non-hydrogen) atoms. The van der Waals surface area contributed by atoms with Gasteiger partial charge in [-0.15, -0.1) is 0 Å². The van der Waals surface area contributed by atoms with Crippen LogP contribution in [0.15, 0.2) is 24.3 Å². The van der Waals surface area contributed by atoms with Gasteiger partial charge in [0.15, 0.2) is 5.11 Å². The number of thiocarbonyl (C=S) groups is 1. The fraction of sp³-hybridized carbons (Fsp3) is 0.364. The number of para-hydroxylation sites is 1. The van der Waals surface area contributed by atoms with E-state index in [0.717, 1.165) is 10.8 Å². The van der Waals surface area contributed by atoms with E-state index in [-0.39, 0.29) is 0 Å². The van der Waals surface area contributed by atoms with E-state index in [1.807, 2.05) is 18.2 Å². The van der Waals surface area contributed by atoms with Crippen LogP contribution < -0.4 is 10.6 Å². The minimum absolute atomic E-state index is 0.610.